The van der Waals surface area contributed by atoms with Gasteiger partial charge in [0.15, 0.2) is 0 Å². The third kappa shape index (κ3) is 4.52. The second kappa shape index (κ2) is 9.35. The summed E-state index contributed by atoms with van der Waals surface area (Å²) in [5.41, 5.74) is 1.50. The Labute approximate surface area is 202 Å². The van der Waals surface area contributed by atoms with E-state index in [0.29, 0.717) is 35.7 Å². The SMILES string of the molecule is O=C(N[C@@H]1CC[C@H]2C(C1)C2CN(CO)c1ccc(F)cc1Cl)C1=NN(c2ccccc2)C(=O)C1. The van der Waals surface area contributed by atoms with E-state index in [2.05, 4.69) is 10.4 Å². The van der Waals surface area contributed by atoms with Crippen LogP contribution in [0.25, 0.3) is 0 Å². The van der Waals surface area contributed by atoms with Gasteiger partial charge in [0.1, 0.15) is 18.3 Å². The van der Waals surface area contributed by atoms with Crippen LogP contribution in [-0.4, -0.2) is 41.9 Å². The van der Waals surface area contributed by atoms with E-state index in [0.717, 1.165) is 19.3 Å². The number of halogens is 2. The number of hydrogen-bond donors (Lipinski definition) is 2. The molecule has 1 aliphatic heterocycles. The summed E-state index contributed by atoms with van der Waals surface area (Å²) < 4.78 is 13.4. The van der Waals surface area contributed by atoms with Gasteiger partial charge in [-0.1, -0.05) is 29.8 Å². The summed E-state index contributed by atoms with van der Waals surface area (Å²) in [5, 5.41) is 18.8. The molecule has 0 spiro atoms. The first kappa shape index (κ1) is 22.8. The van der Waals surface area contributed by atoms with Crippen LogP contribution in [0.5, 0.6) is 0 Å². The Hall–Kier alpha value is -2.97. The molecule has 2 amide bonds. The summed E-state index contributed by atoms with van der Waals surface area (Å²) in [6, 6.07) is 13.3. The maximum Gasteiger partial charge on any atom is 0.268 e. The predicted molar refractivity (Wildman–Crippen MR) is 128 cm³/mol. The van der Waals surface area contributed by atoms with Crippen molar-refractivity contribution in [3.8, 4) is 0 Å². The summed E-state index contributed by atoms with van der Waals surface area (Å²) in [7, 11) is 0. The number of carbonyl (C=O) groups excluding carboxylic acids is 2. The van der Waals surface area contributed by atoms with Crippen molar-refractivity contribution in [2.45, 2.75) is 31.7 Å². The lowest BCUT2D eigenvalue weighted by atomic mass is 9.95. The van der Waals surface area contributed by atoms with Crippen LogP contribution in [0.4, 0.5) is 15.8 Å². The van der Waals surface area contributed by atoms with Crippen LogP contribution in [-0.2, 0) is 9.59 Å². The normalized spacial score (nSPS) is 25.6. The van der Waals surface area contributed by atoms with E-state index in [1.54, 1.807) is 23.1 Å². The zero-order valence-corrected chi connectivity index (χ0v) is 19.3. The number of fused-ring (bicyclic) bond motifs is 1. The highest BCUT2D eigenvalue weighted by atomic mass is 35.5. The van der Waals surface area contributed by atoms with Gasteiger partial charge < -0.3 is 15.3 Å². The monoisotopic (exact) mass is 484 g/mol. The van der Waals surface area contributed by atoms with Gasteiger partial charge in [0.2, 0.25) is 0 Å². The molecular weight excluding hydrogens is 459 g/mol. The number of amides is 2. The van der Waals surface area contributed by atoms with Crippen molar-refractivity contribution in [1.82, 2.24) is 5.32 Å². The van der Waals surface area contributed by atoms with E-state index in [1.165, 1.54) is 17.1 Å². The number of rotatable bonds is 7. The summed E-state index contributed by atoms with van der Waals surface area (Å²) >= 11 is 6.18. The lowest BCUT2D eigenvalue weighted by Crippen LogP contribution is -2.40. The van der Waals surface area contributed by atoms with E-state index in [-0.39, 0.29) is 41.7 Å². The molecule has 1 heterocycles. The molecule has 34 heavy (non-hydrogen) atoms. The van der Waals surface area contributed by atoms with Crippen molar-refractivity contribution >= 4 is 40.5 Å². The zero-order chi connectivity index (χ0) is 23.8. The molecule has 4 atom stereocenters. The quantitative estimate of drug-likeness (QED) is 0.588. The fourth-order valence-electron chi connectivity index (χ4n) is 5.36. The van der Waals surface area contributed by atoms with Gasteiger partial charge in [-0.2, -0.15) is 10.1 Å². The Morgan fingerprint density at radius 2 is 2.00 bits per heavy atom. The lowest BCUT2D eigenvalue weighted by Gasteiger charge is -2.23. The number of anilines is 2. The molecule has 2 saturated carbocycles. The van der Waals surface area contributed by atoms with E-state index in [1.807, 2.05) is 18.2 Å². The number of aliphatic hydroxyl groups is 1. The van der Waals surface area contributed by atoms with E-state index in [4.69, 9.17) is 11.6 Å². The fourth-order valence-corrected chi connectivity index (χ4v) is 5.65. The molecule has 2 unspecified atom stereocenters. The Balaban J connectivity index is 1.17. The summed E-state index contributed by atoms with van der Waals surface area (Å²) in [6.07, 6.45) is 2.69. The lowest BCUT2D eigenvalue weighted by molar-refractivity contribution is -0.118. The summed E-state index contributed by atoms with van der Waals surface area (Å²) in [5.74, 6) is 0.453. The number of carbonyl (C=O) groups is 2. The minimum Gasteiger partial charge on any atom is -0.376 e. The second-order valence-electron chi connectivity index (χ2n) is 9.20. The molecule has 0 radical (unpaired) electrons. The Morgan fingerprint density at radius 3 is 2.74 bits per heavy atom. The van der Waals surface area contributed by atoms with E-state index in [9.17, 15) is 19.1 Å². The highest BCUT2D eigenvalue weighted by Gasteiger charge is 2.53. The molecule has 7 nitrogen and oxygen atoms in total. The first-order valence-corrected chi connectivity index (χ1v) is 11.9. The first-order chi connectivity index (χ1) is 16.4. The molecule has 0 aromatic heterocycles. The van der Waals surface area contributed by atoms with Crippen LogP contribution in [0.15, 0.2) is 53.6 Å². The number of hydrogen-bond acceptors (Lipinski definition) is 5. The number of hydrazone groups is 1. The van der Waals surface area contributed by atoms with Crippen molar-refractivity contribution < 1.29 is 19.1 Å². The standard InChI is InChI=1S/C25H26ClFN4O3/c26-21-10-15(27)6-9-23(21)30(14-32)13-20-18-8-7-16(11-19(18)20)28-25(34)22-12-24(33)31(29-22)17-4-2-1-3-5-17/h1-6,9-10,16,18-20,32H,7-8,11-14H2,(H,28,34)/t16-,18+,19?,20?/m1/s1. The van der Waals surface area contributed by atoms with Gasteiger partial charge in [-0.3, -0.25) is 9.59 Å². The van der Waals surface area contributed by atoms with Crippen molar-refractivity contribution in [2.75, 3.05) is 23.2 Å². The summed E-state index contributed by atoms with van der Waals surface area (Å²) in [6.45, 7) is 0.429. The van der Waals surface area contributed by atoms with Gasteiger partial charge in [-0.05, 0) is 67.3 Å². The molecule has 9 heteroatoms. The van der Waals surface area contributed by atoms with Crippen molar-refractivity contribution in [3.05, 3.63) is 59.4 Å². The average Bonchev–Trinajstić information content (AvgIpc) is 3.36. The number of nitrogens with one attached hydrogen (secondary N) is 1. The Bertz CT molecular complexity index is 1130. The molecule has 0 saturated heterocycles. The van der Waals surface area contributed by atoms with Crippen LogP contribution in [0, 0.1) is 23.6 Å². The van der Waals surface area contributed by atoms with Crippen LogP contribution >= 0.6 is 11.6 Å². The maximum atomic E-state index is 13.4. The van der Waals surface area contributed by atoms with Gasteiger partial charge in [0.25, 0.3) is 11.8 Å². The molecule has 2 aromatic carbocycles. The molecule has 2 aliphatic carbocycles. The topological polar surface area (TPSA) is 85.2 Å². The van der Waals surface area contributed by atoms with Crippen molar-refractivity contribution in [1.29, 1.82) is 0 Å². The average molecular weight is 485 g/mol. The number of para-hydroxylation sites is 1. The number of nitrogens with zero attached hydrogens (tertiary/aromatic N) is 3. The van der Waals surface area contributed by atoms with Crippen LogP contribution in [0.1, 0.15) is 25.7 Å². The molecular formula is C25H26ClFN4O3. The molecule has 5 rings (SSSR count). The smallest absolute Gasteiger partial charge is 0.268 e. The maximum absolute atomic E-state index is 13.4. The number of aliphatic hydroxyl groups excluding tert-OH is 1. The molecule has 178 valence electrons. The Morgan fingerprint density at radius 1 is 1.21 bits per heavy atom. The van der Waals surface area contributed by atoms with Gasteiger partial charge in [0, 0.05) is 12.6 Å². The minimum absolute atomic E-state index is 0.00792. The third-order valence-corrected chi connectivity index (χ3v) is 7.44. The van der Waals surface area contributed by atoms with Crippen LogP contribution < -0.4 is 15.2 Å². The zero-order valence-electron chi connectivity index (χ0n) is 18.5. The molecule has 2 fully saturated rings. The second-order valence-corrected chi connectivity index (χ2v) is 9.61. The van der Waals surface area contributed by atoms with Gasteiger partial charge in [0.05, 0.1) is 22.8 Å². The van der Waals surface area contributed by atoms with Gasteiger partial charge >= 0.3 is 0 Å². The highest BCUT2D eigenvalue weighted by Crippen LogP contribution is 2.56. The van der Waals surface area contributed by atoms with Crippen molar-refractivity contribution in [2.24, 2.45) is 22.9 Å². The fraction of sp³-hybridized carbons (Fsp3) is 0.400. The van der Waals surface area contributed by atoms with Crippen molar-refractivity contribution in [3.63, 3.8) is 0 Å². The largest absolute Gasteiger partial charge is 0.376 e. The predicted octanol–water partition coefficient (Wildman–Crippen LogP) is 3.56. The molecule has 0 bridgehead atoms. The minimum atomic E-state index is -0.411. The number of benzene rings is 2. The van der Waals surface area contributed by atoms with Gasteiger partial charge in [-0.15, -0.1) is 0 Å². The Kier molecular flexibility index (Phi) is 6.27. The van der Waals surface area contributed by atoms with Crippen LogP contribution in [0.2, 0.25) is 5.02 Å². The summed E-state index contributed by atoms with van der Waals surface area (Å²) in [4.78, 5) is 26.9. The molecule has 2 aromatic rings. The van der Waals surface area contributed by atoms with Gasteiger partial charge in [-0.25, -0.2) is 4.39 Å². The van der Waals surface area contributed by atoms with Crippen LogP contribution in [0.3, 0.4) is 0 Å². The highest BCUT2D eigenvalue weighted by molar-refractivity contribution is 6.44. The van der Waals surface area contributed by atoms with E-state index < -0.39 is 5.82 Å². The van der Waals surface area contributed by atoms with E-state index >= 15 is 0 Å². The third-order valence-electron chi connectivity index (χ3n) is 7.14. The molecule has 2 N–H and O–H groups in total. The first-order valence-electron chi connectivity index (χ1n) is 11.5. The molecule has 3 aliphatic rings.